The molecule has 8 aliphatic rings. The Hall–Kier alpha value is -3.76. The Morgan fingerprint density at radius 2 is 1.34 bits per heavy atom. The molecule has 10 nitrogen and oxygen atoms in total. The highest BCUT2D eigenvalue weighted by molar-refractivity contribution is 5.91. The van der Waals surface area contributed by atoms with E-state index in [2.05, 4.69) is 30.1 Å². The van der Waals surface area contributed by atoms with Crippen molar-refractivity contribution in [1.82, 2.24) is 9.80 Å². The second-order valence-corrected chi connectivity index (χ2v) is 15.9. The number of benzene rings is 2. The Labute approximate surface area is 293 Å². The summed E-state index contributed by atoms with van der Waals surface area (Å²) in [6.45, 7) is 8.52. The molecule has 4 fully saturated rings. The van der Waals surface area contributed by atoms with Crippen molar-refractivity contribution in [2.24, 2.45) is 0 Å². The molecule has 4 aliphatic heterocycles. The van der Waals surface area contributed by atoms with Crippen LogP contribution in [0.4, 0.5) is 0 Å². The van der Waals surface area contributed by atoms with Crippen LogP contribution >= 0.6 is 0 Å². The molecule has 50 heavy (non-hydrogen) atoms. The van der Waals surface area contributed by atoms with Crippen LogP contribution in [-0.4, -0.2) is 94.0 Å². The Balaban J connectivity index is 0.000000142. The molecule has 266 valence electrons. The van der Waals surface area contributed by atoms with Gasteiger partial charge in [0.05, 0.1) is 28.5 Å². The van der Waals surface area contributed by atoms with Gasteiger partial charge >= 0.3 is 5.97 Å². The standard InChI is InChI=1S/C20H23NO4.C19H21NO4.CH4/c1-11-4-5-13-10-15-20(25-12(2)22)7-6-14(23)18-19(20,8-9-21(15)3)16(13)17(11)24-18;1-10-3-4-12-9-14-19(23)6-5-13(22)17-18(19,15(12)16(10)24-17)7-8-20(14)11(2)21;/h4-5,15,18H,6-10H2,1-3H3;3-4,14,17,23H,5-9H2,1-2H3;1H4/t15-,18+,19+,20-;14-,17+,18+,19-;/m11./s1. The SMILES string of the molecule is C.CC(=O)N1CC[C@]23c4c5ccc(C)c4O[C@H]2C(=O)CC[C@@]3(O)[C@H]1C5.CC(=O)O[C@@]12CCC(=O)[C@@H]3Oc4c(C)ccc5c4[C@@]31CCN(C)[C@@H]2C5. The molecule has 2 aromatic rings. The summed E-state index contributed by atoms with van der Waals surface area (Å²) in [5.74, 6) is 1.61. The number of aryl methyl sites for hydroxylation is 2. The molecule has 2 aromatic carbocycles. The summed E-state index contributed by atoms with van der Waals surface area (Å²) < 4.78 is 18.6. The second kappa shape index (κ2) is 10.6. The van der Waals surface area contributed by atoms with Crippen molar-refractivity contribution in [2.75, 3.05) is 20.1 Å². The number of amides is 1. The van der Waals surface area contributed by atoms with Crippen LogP contribution in [0.1, 0.15) is 93.2 Å². The minimum absolute atomic E-state index is 0. The maximum atomic E-state index is 12.9. The third-order valence-corrected chi connectivity index (χ3v) is 13.9. The summed E-state index contributed by atoms with van der Waals surface area (Å²) in [5, 5.41) is 11.8. The molecule has 2 saturated carbocycles. The van der Waals surface area contributed by atoms with Gasteiger partial charge in [0.1, 0.15) is 17.1 Å². The normalized spacial score (nSPS) is 37.6. The first-order valence-electron chi connectivity index (χ1n) is 17.8. The highest BCUT2D eigenvalue weighted by atomic mass is 16.6. The number of Topliss-reactive ketones (excluding diaryl/α,β-unsaturated/α-hetero) is 2. The van der Waals surface area contributed by atoms with Crippen LogP contribution in [0.5, 0.6) is 11.5 Å². The lowest BCUT2D eigenvalue weighted by Gasteiger charge is -2.63. The van der Waals surface area contributed by atoms with Gasteiger partial charge in [0, 0.05) is 44.4 Å². The van der Waals surface area contributed by atoms with Gasteiger partial charge in [-0.2, -0.15) is 0 Å². The zero-order valence-electron chi connectivity index (χ0n) is 28.9. The average molecular weight is 685 g/mol. The van der Waals surface area contributed by atoms with Crippen LogP contribution in [0.3, 0.4) is 0 Å². The molecule has 10 heteroatoms. The summed E-state index contributed by atoms with van der Waals surface area (Å²) in [6, 6.07) is 8.17. The van der Waals surface area contributed by atoms with E-state index in [1.807, 2.05) is 19.9 Å². The van der Waals surface area contributed by atoms with Crippen LogP contribution < -0.4 is 9.47 Å². The lowest BCUT2D eigenvalue weighted by atomic mass is 9.49. The second-order valence-electron chi connectivity index (χ2n) is 15.9. The lowest BCUT2D eigenvalue weighted by molar-refractivity contribution is -0.211. The van der Waals surface area contributed by atoms with Gasteiger partial charge in [-0.25, -0.2) is 0 Å². The summed E-state index contributed by atoms with van der Waals surface area (Å²) in [6.07, 6.45) is 3.42. The molecule has 0 unspecified atom stereocenters. The summed E-state index contributed by atoms with van der Waals surface area (Å²) >= 11 is 0. The van der Waals surface area contributed by atoms with E-state index in [9.17, 15) is 24.3 Å². The number of rotatable bonds is 1. The van der Waals surface area contributed by atoms with E-state index in [-0.39, 0.29) is 43.0 Å². The Kier molecular flexibility index (Phi) is 7.10. The van der Waals surface area contributed by atoms with Crippen LogP contribution in [0.2, 0.25) is 0 Å². The quantitative estimate of drug-likeness (QED) is 0.447. The zero-order valence-corrected chi connectivity index (χ0v) is 28.9. The summed E-state index contributed by atoms with van der Waals surface area (Å²) in [7, 11) is 2.10. The lowest BCUT2D eigenvalue weighted by Crippen LogP contribution is -2.77. The first kappa shape index (κ1) is 33.4. The van der Waals surface area contributed by atoms with Gasteiger partial charge in [-0.15, -0.1) is 0 Å². The van der Waals surface area contributed by atoms with E-state index in [0.717, 1.165) is 58.7 Å². The fraction of sp³-hybridized carbons (Fsp3) is 0.600. The van der Waals surface area contributed by atoms with E-state index in [4.69, 9.17) is 14.2 Å². The van der Waals surface area contributed by atoms with Gasteiger partial charge in [0.25, 0.3) is 0 Å². The van der Waals surface area contributed by atoms with E-state index in [1.165, 1.54) is 12.5 Å². The first-order valence-corrected chi connectivity index (χ1v) is 17.8. The molecular weight excluding hydrogens is 636 g/mol. The molecule has 2 saturated heterocycles. The van der Waals surface area contributed by atoms with Crippen LogP contribution in [0.15, 0.2) is 24.3 Å². The molecule has 8 atom stereocenters. The Morgan fingerprint density at radius 3 is 1.94 bits per heavy atom. The molecule has 4 bridgehead atoms. The van der Waals surface area contributed by atoms with Crippen molar-refractivity contribution in [3.8, 4) is 11.5 Å². The number of carbonyl (C=O) groups is 4. The van der Waals surface area contributed by atoms with Crippen LogP contribution in [0, 0.1) is 13.8 Å². The van der Waals surface area contributed by atoms with Gasteiger partial charge in [-0.3, -0.25) is 24.1 Å². The van der Waals surface area contributed by atoms with Crippen molar-refractivity contribution in [3.63, 3.8) is 0 Å². The molecule has 1 amide bonds. The molecule has 10 rings (SSSR count). The monoisotopic (exact) mass is 684 g/mol. The minimum Gasteiger partial charge on any atom is -0.481 e. The highest BCUT2D eigenvalue weighted by Gasteiger charge is 2.75. The number of piperidine rings is 2. The number of hydrogen-bond donors (Lipinski definition) is 1. The number of aliphatic hydroxyl groups is 1. The van der Waals surface area contributed by atoms with Crippen LogP contribution in [-0.2, 0) is 47.6 Å². The van der Waals surface area contributed by atoms with Crippen molar-refractivity contribution in [3.05, 3.63) is 57.6 Å². The third kappa shape index (κ3) is 3.71. The van der Waals surface area contributed by atoms with Gasteiger partial charge in [0.2, 0.25) is 5.91 Å². The molecule has 2 spiro atoms. The molecule has 1 N–H and O–H groups in total. The maximum absolute atomic E-state index is 12.9. The number of likely N-dealkylation sites (N-methyl/N-ethyl adjacent to an activating group) is 1. The van der Waals surface area contributed by atoms with Crippen molar-refractivity contribution in [1.29, 1.82) is 0 Å². The topological polar surface area (TPSA) is 123 Å². The fourth-order valence-corrected chi connectivity index (χ4v) is 12.0. The number of ketones is 2. The van der Waals surface area contributed by atoms with E-state index in [1.54, 1.807) is 11.8 Å². The molecule has 4 aliphatic carbocycles. The van der Waals surface area contributed by atoms with Gasteiger partial charge in [-0.05, 0) is 88.2 Å². The largest absolute Gasteiger partial charge is 0.481 e. The fourth-order valence-electron chi connectivity index (χ4n) is 12.0. The maximum Gasteiger partial charge on any atom is 0.303 e. The van der Waals surface area contributed by atoms with E-state index in [0.29, 0.717) is 45.1 Å². The highest BCUT2D eigenvalue weighted by Crippen LogP contribution is 2.66. The van der Waals surface area contributed by atoms with E-state index < -0.39 is 34.2 Å². The zero-order chi connectivity index (χ0) is 34.4. The molecular formula is C40H48N2O8. The van der Waals surface area contributed by atoms with Crippen molar-refractivity contribution < 1.29 is 38.5 Å². The molecule has 4 heterocycles. The van der Waals surface area contributed by atoms with E-state index >= 15 is 0 Å². The predicted octanol–water partition coefficient (Wildman–Crippen LogP) is 3.82. The molecule has 0 aromatic heterocycles. The Morgan fingerprint density at radius 1 is 0.800 bits per heavy atom. The number of hydrogen-bond acceptors (Lipinski definition) is 9. The number of likely N-dealkylation sites (tertiary alicyclic amines) is 2. The Bertz CT molecular complexity index is 1890. The first-order chi connectivity index (χ1) is 23.3. The summed E-state index contributed by atoms with van der Waals surface area (Å²) in [5.41, 5.74) is 3.67. The summed E-state index contributed by atoms with van der Waals surface area (Å²) in [4.78, 5) is 53.9. The van der Waals surface area contributed by atoms with Crippen molar-refractivity contribution in [2.45, 2.75) is 133 Å². The minimum atomic E-state index is -1.08. The van der Waals surface area contributed by atoms with Crippen LogP contribution in [0.25, 0.3) is 0 Å². The predicted molar refractivity (Wildman–Crippen MR) is 183 cm³/mol. The molecule has 0 radical (unpaired) electrons. The number of nitrogens with zero attached hydrogens (tertiary/aromatic N) is 2. The smallest absolute Gasteiger partial charge is 0.303 e. The van der Waals surface area contributed by atoms with Gasteiger partial charge < -0.3 is 24.2 Å². The van der Waals surface area contributed by atoms with Gasteiger partial charge in [-0.1, -0.05) is 31.7 Å². The number of carbonyl (C=O) groups excluding carboxylic acids is 4. The van der Waals surface area contributed by atoms with Crippen molar-refractivity contribution >= 4 is 23.4 Å². The third-order valence-electron chi connectivity index (χ3n) is 13.9. The number of esters is 1. The number of ether oxygens (including phenoxy) is 3. The average Bonchev–Trinajstić information content (AvgIpc) is 3.60. The van der Waals surface area contributed by atoms with Gasteiger partial charge in [0.15, 0.2) is 23.8 Å².